The van der Waals surface area contributed by atoms with Gasteiger partial charge < -0.3 is 10.6 Å². The summed E-state index contributed by atoms with van der Waals surface area (Å²) in [6.45, 7) is 5.50. The van der Waals surface area contributed by atoms with Crippen molar-refractivity contribution in [2.24, 2.45) is 5.73 Å². The molecule has 92 valence electrons. The fraction of sp³-hybridized carbons (Fsp3) is 0.909. The van der Waals surface area contributed by atoms with Crippen molar-refractivity contribution < 1.29 is 4.79 Å². The van der Waals surface area contributed by atoms with Crippen LogP contribution in [0.4, 0.5) is 0 Å². The number of amides is 1. The van der Waals surface area contributed by atoms with Gasteiger partial charge in [-0.2, -0.15) is 11.8 Å². The summed E-state index contributed by atoms with van der Waals surface area (Å²) in [4.78, 5) is 16.1. The second-order valence-electron chi connectivity index (χ2n) is 4.67. The summed E-state index contributed by atoms with van der Waals surface area (Å²) >= 11 is 2.05. The van der Waals surface area contributed by atoms with E-state index < -0.39 is 0 Å². The van der Waals surface area contributed by atoms with E-state index in [1.807, 2.05) is 16.7 Å². The number of thioether (sulfide) groups is 1. The van der Waals surface area contributed by atoms with Gasteiger partial charge in [0.25, 0.3) is 0 Å². The van der Waals surface area contributed by atoms with Crippen molar-refractivity contribution >= 4 is 17.7 Å². The van der Waals surface area contributed by atoms with E-state index in [0.29, 0.717) is 0 Å². The lowest BCUT2D eigenvalue weighted by Gasteiger charge is -2.38. The van der Waals surface area contributed by atoms with Crippen LogP contribution < -0.4 is 5.73 Å². The SMILES string of the molecule is C[C@H](N)C(=O)N1CCN([C@@H]2CCSC2)CC1. The Morgan fingerprint density at radius 3 is 2.56 bits per heavy atom. The summed E-state index contributed by atoms with van der Waals surface area (Å²) < 4.78 is 0. The molecule has 2 saturated heterocycles. The topological polar surface area (TPSA) is 49.6 Å². The zero-order chi connectivity index (χ0) is 11.5. The Morgan fingerprint density at radius 1 is 1.38 bits per heavy atom. The average Bonchev–Trinajstić information content (AvgIpc) is 2.81. The van der Waals surface area contributed by atoms with E-state index in [2.05, 4.69) is 4.90 Å². The molecule has 0 bridgehead atoms. The lowest BCUT2D eigenvalue weighted by molar-refractivity contribution is -0.134. The number of piperazine rings is 1. The first-order chi connectivity index (χ1) is 7.68. The minimum absolute atomic E-state index is 0.0976. The lowest BCUT2D eigenvalue weighted by Crippen LogP contribution is -2.54. The average molecular weight is 243 g/mol. The molecule has 5 heteroatoms. The van der Waals surface area contributed by atoms with Gasteiger partial charge in [-0.15, -0.1) is 0 Å². The van der Waals surface area contributed by atoms with Gasteiger partial charge in [0.15, 0.2) is 0 Å². The summed E-state index contributed by atoms with van der Waals surface area (Å²) in [5.41, 5.74) is 5.62. The molecule has 2 fully saturated rings. The number of carbonyl (C=O) groups excluding carboxylic acids is 1. The molecule has 2 rings (SSSR count). The van der Waals surface area contributed by atoms with Crippen LogP contribution in [0.1, 0.15) is 13.3 Å². The van der Waals surface area contributed by atoms with Crippen LogP contribution in [0.3, 0.4) is 0 Å². The third-order valence-electron chi connectivity index (χ3n) is 3.44. The molecule has 2 aliphatic heterocycles. The van der Waals surface area contributed by atoms with E-state index in [0.717, 1.165) is 32.2 Å². The van der Waals surface area contributed by atoms with Crippen molar-refractivity contribution in [1.29, 1.82) is 0 Å². The summed E-state index contributed by atoms with van der Waals surface area (Å²) in [7, 11) is 0. The van der Waals surface area contributed by atoms with Crippen molar-refractivity contribution in [2.45, 2.75) is 25.4 Å². The van der Waals surface area contributed by atoms with Gasteiger partial charge >= 0.3 is 0 Å². The van der Waals surface area contributed by atoms with Crippen LogP contribution in [0.2, 0.25) is 0 Å². The van der Waals surface area contributed by atoms with Crippen molar-refractivity contribution in [3.8, 4) is 0 Å². The van der Waals surface area contributed by atoms with Crippen molar-refractivity contribution in [3.05, 3.63) is 0 Å². The molecule has 16 heavy (non-hydrogen) atoms. The molecule has 0 aromatic heterocycles. The van der Waals surface area contributed by atoms with Crippen LogP contribution >= 0.6 is 11.8 Å². The highest BCUT2D eigenvalue weighted by Crippen LogP contribution is 2.23. The highest BCUT2D eigenvalue weighted by Gasteiger charge is 2.28. The molecule has 2 N–H and O–H groups in total. The fourth-order valence-corrected chi connectivity index (χ4v) is 3.66. The Bertz CT molecular complexity index is 246. The molecule has 0 radical (unpaired) electrons. The standard InChI is InChI=1S/C11H21N3OS/c1-9(12)11(15)14-5-3-13(4-6-14)10-2-7-16-8-10/h9-10H,2-8,12H2,1H3/t9-,10+/m0/s1. The Balaban J connectivity index is 1.80. The molecule has 0 aromatic rings. The maximum atomic E-state index is 11.7. The van der Waals surface area contributed by atoms with Crippen LogP contribution in [0, 0.1) is 0 Å². The minimum atomic E-state index is -0.353. The molecule has 0 aromatic carbocycles. The predicted octanol–water partition coefficient (Wildman–Crippen LogP) is -0.0167. The fourth-order valence-electron chi connectivity index (χ4n) is 2.41. The molecule has 0 spiro atoms. The third kappa shape index (κ3) is 2.70. The Labute approximate surface area is 102 Å². The van der Waals surface area contributed by atoms with Crippen molar-refractivity contribution in [2.75, 3.05) is 37.7 Å². The van der Waals surface area contributed by atoms with Crippen LogP contribution in [-0.2, 0) is 4.79 Å². The molecule has 0 saturated carbocycles. The number of rotatable bonds is 2. The van der Waals surface area contributed by atoms with Gasteiger partial charge in [-0.1, -0.05) is 0 Å². The molecule has 1 amide bonds. The smallest absolute Gasteiger partial charge is 0.239 e. The summed E-state index contributed by atoms with van der Waals surface area (Å²) in [6.07, 6.45) is 1.31. The minimum Gasteiger partial charge on any atom is -0.339 e. The zero-order valence-corrected chi connectivity index (χ0v) is 10.7. The van der Waals surface area contributed by atoms with Gasteiger partial charge in [0, 0.05) is 38.0 Å². The first-order valence-electron chi connectivity index (χ1n) is 6.04. The first-order valence-corrected chi connectivity index (χ1v) is 7.20. The van der Waals surface area contributed by atoms with E-state index in [9.17, 15) is 4.79 Å². The molecule has 0 unspecified atom stereocenters. The largest absolute Gasteiger partial charge is 0.339 e. The highest BCUT2D eigenvalue weighted by atomic mass is 32.2. The highest BCUT2D eigenvalue weighted by molar-refractivity contribution is 7.99. The monoisotopic (exact) mass is 243 g/mol. The number of carbonyl (C=O) groups is 1. The third-order valence-corrected chi connectivity index (χ3v) is 4.58. The van der Waals surface area contributed by atoms with E-state index >= 15 is 0 Å². The van der Waals surface area contributed by atoms with Gasteiger partial charge in [0.2, 0.25) is 5.91 Å². The Kier molecular flexibility index (Phi) is 4.10. The summed E-state index contributed by atoms with van der Waals surface area (Å²) in [6, 6.07) is 0.395. The summed E-state index contributed by atoms with van der Waals surface area (Å²) in [5.74, 6) is 2.66. The molecule has 2 atom stereocenters. The molecule has 4 nitrogen and oxygen atoms in total. The maximum Gasteiger partial charge on any atom is 0.239 e. The van der Waals surface area contributed by atoms with Gasteiger partial charge in [-0.25, -0.2) is 0 Å². The van der Waals surface area contributed by atoms with Gasteiger partial charge in [0.1, 0.15) is 0 Å². The molecule has 2 aliphatic rings. The molecular weight excluding hydrogens is 222 g/mol. The van der Waals surface area contributed by atoms with Crippen LogP contribution in [0.15, 0.2) is 0 Å². The van der Waals surface area contributed by atoms with Crippen LogP contribution in [0.5, 0.6) is 0 Å². The number of nitrogens with two attached hydrogens (primary N) is 1. The van der Waals surface area contributed by atoms with Crippen LogP contribution in [0.25, 0.3) is 0 Å². The lowest BCUT2D eigenvalue weighted by atomic mass is 10.2. The maximum absolute atomic E-state index is 11.7. The number of hydrogen-bond donors (Lipinski definition) is 1. The second-order valence-corrected chi connectivity index (χ2v) is 5.82. The summed E-state index contributed by atoms with van der Waals surface area (Å²) in [5, 5.41) is 0. The molecule has 2 heterocycles. The predicted molar refractivity (Wildman–Crippen MR) is 67.5 cm³/mol. The molecular formula is C11H21N3OS. The van der Waals surface area contributed by atoms with Crippen molar-refractivity contribution in [3.63, 3.8) is 0 Å². The quantitative estimate of drug-likeness (QED) is 0.741. The molecule has 0 aliphatic carbocycles. The van der Waals surface area contributed by atoms with Gasteiger partial charge in [-0.05, 0) is 19.1 Å². The normalized spacial score (nSPS) is 29.4. The Morgan fingerprint density at radius 2 is 2.06 bits per heavy atom. The van der Waals surface area contributed by atoms with Gasteiger partial charge in [-0.3, -0.25) is 9.69 Å². The van der Waals surface area contributed by atoms with Gasteiger partial charge in [0.05, 0.1) is 6.04 Å². The number of hydrogen-bond acceptors (Lipinski definition) is 4. The van der Waals surface area contributed by atoms with E-state index in [1.165, 1.54) is 17.9 Å². The first kappa shape index (κ1) is 12.2. The van der Waals surface area contributed by atoms with Crippen molar-refractivity contribution in [1.82, 2.24) is 9.80 Å². The van der Waals surface area contributed by atoms with Crippen LogP contribution in [-0.4, -0.2) is 65.5 Å². The zero-order valence-electron chi connectivity index (χ0n) is 9.89. The van der Waals surface area contributed by atoms with E-state index in [4.69, 9.17) is 5.73 Å². The Hall–Kier alpha value is -0.260. The number of nitrogens with zero attached hydrogens (tertiary/aromatic N) is 2. The van der Waals surface area contributed by atoms with E-state index in [-0.39, 0.29) is 11.9 Å². The second kappa shape index (κ2) is 5.38. The van der Waals surface area contributed by atoms with E-state index in [1.54, 1.807) is 6.92 Å².